The summed E-state index contributed by atoms with van der Waals surface area (Å²) in [5.41, 5.74) is 1.38. The number of nitrogens with zero attached hydrogens (tertiary/aromatic N) is 2. The molecule has 0 N–H and O–H groups in total. The van der Waals surface area contributed by atoms with E-state index < -0.39 is 0 Å². The van der Waals surface area contributed by atoms with Crippen molar-refractivity contribution in [2.24, 2.45) is 13.0 Å². The van der Waals surface area contributed by atoms with Crippen molar-refractivity contribution in [2.45, 2.75) is 19.3 Å². The van der Waals surface area contributed by atoms with Crippen LogP contribution in [0.3, 0.4) is 0 Å². The van der Waals surface area contributed by atoms with E-state index in [4.69, 9.17) is 0 Å². The molecule has 1 unspecified atom stereocenters. The lowest BCUT2D eigenvalue weighted by molar-refractivity contribution is 0.527. The molecule has 102 valence electrons. The number of aromatic nitrogens is 2. The lowest BCUT2D eigenvalue weighted by Gasteiger charge is -2.15. The van der Waals surface area contributed by atoms with Gasteiger partial charge in [-0.3, -0.25) is 0 Å². The zero-order chi connectivity index (χ0) is 13.7. The molecular weight excluding hydrogens is 368 g/mol. The minimum absolute atomic E-state index is 0.635. The number of alkyl halides is 1. The third kappa shape index (κ3) is 4.18. The van der Waals surface area contributed by atoms with Crippen LogP contribution in [-0.2, 0) is 19.9 Å². The first-order chi connectivity index (χ1) is 9.20. The van der Waals surface area contributed by atoms with Crippen LogP contribution in [-0.4, -0.2) is 14.9 Å². The van der Waals surface area contributed by atoms with E-state index in [0.717, 1.165) is 30.4 Å². The van der Waals surface area contributed by atoms with Crippen molar-refractivity contribution in [3.8, 4) is 0 Å². The number of aryl methyl sites for hydroxylation is 2. The van der Waals surface area contributed by atoms with Crippen molar-refractivity contribution >= 4 is 31.9 Å². The molecular formula is C15H18Br2N2. The molecule has 1 aromatic carbocycles. The number of imidazole rings is 1. The van der Waals surface area contributed by atoms with E-state index in [1.54, 1.807) is 0 Å². The summed E-state index contributed by atoms with van der Waals surface area (Å²) in [5.74, 6) is 1.80. The van der Waals surface area contributed by atoms with E-state index >= 15 is 0 Å². The predicted octanol–water partition coefficient (Wildman–Crippen LogP) is 4.37. The molecule has 0 saturated carbocycles. The highest BCUT2D eigenvalue weighted by molar-refractivity contribution is 9.10. The van der Waals surface area contributed by atoms with Gasteiger partial charge in [-0.25, -0.2) is 4.98 Å². The van der Waals surface area contributed by atoms with Gasteiger partial charge in [-0.15, -0.1) is 0 Å². The zero-order valence-corrected chi connectivity index (χ0v) is 14.2. The molecule has 2 rings (SSSR count). The second-order valence-electron chi connectivity index (χ2n) is 4.81. The molecule has 0 spiro atoms. The van der Waals surface area contributed by atoms with Gasteiger partial charge in [0.25, 0.3) is 0 Å². The maximum absolute atomic E-state index is 4.39. The van der Waals surface area contributed by atoms with Crippen LogP contribution in [0.2, 0.25) is 0 Å². The molecule has 0 fully saturated rings. The number of benzene rings is 1. The van der Waals surface area contributed by atoms with Crippen molar-refractivity contribution in [1.82, 2.24) is 9.55 Å². The van der Waals surface area contributed by atoms with Crippen molar-refractivity contribution in [3.63, 3.8) is 0 Å². The average Bonchev–Trinajstić information content (AvgIpc) is 2.82. The van der Waals surface area contributed by atoms with Gasteiger partial charge in [0.05, 0.1) is 0 Å². The van der Waals surface area contributed by atoms with Crippen LogP contribution in [0.15, 0.2) is 41.1 Å². The minimum atomic E-state index is 0.635. The van der Waals surface area contributed by atoms with Gasteiger partial charge in [0.15, 0.2) is 0 Å². The molecule has 0 radical (unpaired) electrons. The molecule has 0 aliphatic heterocycles. The van der Waals surface area contributed by atoms with Gasteiger partial charge in [0.2, 0.25) is 0 Å². The molecule has 1 atom stereocenters. The summed E-state index contributed by atoms with van der Waals surface area (Å²) in [6.07, 6.45) is 7.15. The minimum Gasteiger partial charge on any atom is -0.338 e. The van der Waals surface area contributed by atoms with Crippen molar-refractivity contribution in [1.29, 1.82) is 0 Å². The Balaban J connectivity index is 1.94. The van der Waals surface area contributed by atoms with Crippen LogP contribution < -0.4 is 0 Å². The number of rotatable bonds is 6. The number of hydrogen-bond donors (Lipinski definition) is 0. The van der Waals surface area contributed by atoms with E-state index in [1.165, 1.54) is 10.0 Å². The van der Waals surface area contributed by atoms with Crippen LogP contribution in [0.4, 0.5) is 0 Å². The molecule has 4 heteroatoms. The molecule has 0 saturated heterocycles. The lowest BCUT2D eigenvalue weighted by Crippen LogP contribution is -2.10. The molecule has 0 bridgehead atoms. The second kappa shape index (κ2) is 7.25. The Morgan fingerprint density at radius 1 is 1.32 bits per heavy atom. The Labute approximate surface area is 131 Å². The molecule has 2 nitrogen and oxygen atoms in total. The van der Waals surface area contributed by atoms with Gasteiger partial charge in [0.1, 0.15) is 5.82 Å². The first-order valence-corrected chi connectivity index (χ1v) is 8.37. The summed E-state index contributed by atoms with van der Waals surface area (Å²) in [4.78, 5) is 4.39. The molecule has 19 heavy (non-hydrogen) atoms. The highest BCUT2D eigenvalue weighted by Crippen LogP contribution is 2.23. The summed E-state index contributed by atoms with van der Waals surface area (Å²) in [6.45, 7) is 0. The van der Waals surface area contributed by atoms with Gasteiger partial charge in [-0.2, -0.15) is 0 Å². The number of hydrogen-bond acceptors (Lipinski definition) is 1. The second-order valence-corrected chi connectivity index (χ2v) is 6.31. The molecule has 0 aliphatic carbocycles. The molecule has 0 aliphatic rings. The Morgan fingerprint density at radius 3 is 2.74 bits per heavy atom. The normalized spacial score (nSPS) is 12.6. The van der Waals surface area contributed by atoms with E-state index in [0.29, 0.717) is 5.92 Å². The topological polar surface area (TPSA) is 17.8 Å². The Bertz CT molecular complexity index is 522. The quantitative estimate of drug-likeness (QED) is 0.675. The van der Waals surface area contributed by atoms with Crippen molar-refractivity contribution < 1.29 is 0 Å². The predicted molar refractivity (Wildman–Crippen MR) is 86.7 cm³/mol. The molecule has 1 heterocycles. The standard InChI is InChI=1S/C15H18Br2N2/c1-19-9-8-18-15(19)7-6-12(11-16)10-13-4-2-3-5-14(13)17/h2-5,8-9,12H,6-7,10-11H2,1H3. The van der Waals surface area contributed by atoms with Crippen LogP contribution in [0.1, 0.15) is 17.8 Å². The maximum atomic E-state index is 4.39. The Hall–Kier alpha value is -0.610. The lowest BCUT2D eigenvalue weighted by atomic mass is 9.96. The van der Waals surface area contributed by atoms with Crippen molar-refractivity contribution in [2.75, 3.05) is 5.33 Å². The first-order valence-electron chi connectivity index (χ1n) is 6.46. The first kappa shape index (κ1) is 14.8. The van der Waals surface area contributed by atoms with Gasteiger partial charge in [0, 0.05) is 35.7 Å². The van der Waals surface area contributed by atoms with Crippen LogP contribution >= 0.6 is 31.9 Å². The van der Waals surface area contributed by atoms with Gasteiger partial charge < -0.3 is 4.57 Å². The third-order valence-corrected chi connectivity index (χ3v) is 5.07. The molecule has 1 aromatic heterocycles. The summed E-state index contributed by atoms with van der Waals surface area (Å²) in [6, 6.07) is 8.47. The SMILES string of the molecule is Cn1ccnc1CCC(CBr)Cc1ccccc1Br. The van der Waals surface area contributed by atoms with Crippen LogP contribution in [0.5, 0.6) is 0 Å². The van der Waals surface area contributed by atoms with Gasteiger partial charge >= 0.3 is 0 Å². The Morgan fingerprint density at radius 2 is 2.11 bits per heavy atom. The van der Waals surface area contributed by atoms with E-state index in [-0.39, 0.29) is 0 Å². The van der Waals surface area contributed by atoms with Crippen LogP contribution in [0.25, 0.3) is 0 Å². The summed E-state index contributed by atoms with van der Waals surface area (Å²) >= 11 is 7.26. The summed E-state index contributed by atoms with van der Waals surface area (Å²) in [5, 5.41) is 1.03. The fourth-order valence-electron chi connectivity index (χ4n) is 2.18. The largest absolute Gasteiger partial charge is 0.338 e. The van der Waals surface area contributed by atoms with Crippen molar-refractivity contribution in [3.05, 3.63) is 52.5 Å². The number of halogens is 2. The maximum Gasteiger partial charge on any atom is 0.108 e. The van der Waals surface area contributed by atoms with Crippen LogP contribution in [0, 0.1) is 5.92 Å². The third-order valence-electron chi connectivity index (χ3n) is 3.38. The van der Waals surface area contributed by atoms with E-state index in [1.807, 2.05) is 12.4 Å². The van der Waals surface area contributed by atoms with Gasteiger partial charge in [-0.1, -0.05) is 50.1 Å². The van der Waals surface area contributed by atoms with E-state index in [2.05, 4.69) is 72.7 Å². The fourth-order valence-corrected chi connectivity index (χ4v) is 3.18. The molecule has 2 aromatic rings. The summed E-state index contributed by atoms with van der Waals surface area (Å²) < 4.78 is 3.31. The smallest absolute Gasteiger partial charge is 0.108 e. The average molecular weight is 386 g/mol. The highest BCUT2D eigenvalue weighted by Gasteiger charge is 2.11. The zero-order valence-electron chi connectivity index (χ0n) is 11.0. The fraction of sp³-hybridized carbons (Fsp3) is 0.400. The monoisotopic (exact) mass is 384 g/mol. The summed E-state index contributed by atoms with van der Waals surface area (Å²) in [7, 11) is 2.05. The highest BCUT2D eigenvalue weighted by atomic mass is 79.9. The van der Waals surface area contributed by atoms with E-state index in [9.17, 15) is 0 Å². The Kier molecular flexibility index (Phi) is 5.64. The molecule has 0 amide bonds. The van der Waals surface area contributed by atoms with Gasteiger partial charge in [-0.05, 0) is 30.4 Å².